The molecule has 0 amide bonds. The predicted molar refractivity (Wildman–Crippen MR) is 66.2 cm³/mol. The molecule has 3 N–H and O–H groups in total. The molecular weight excluding hydrogens is 198 g/mol. The molecule has 0 saturated heterocycles. The molecule has 1 aromatic carbocycles. The van der Waals surface area contributed by atoms with Gasteiger partial charge in [-0.15, -0.1) is 0 Å². The van der Waals surface area contributed by atoms with Crippen molar-refractivity contribution in [1.29, 1.82) is 0 Å². The van der Waals surface area contributed by atoms with Crippen LogP contribution in [-0.2, 0) is 12.0 Å². The van der Waals surface area contributed by atoms with Gasteiger partial charge in [0.05, 0.1) is 5.60 Å². The van der Waals surface area contributed by atoms with Crippen molar-refractivity contribution in [2.45, 2.75) is 50.7 Å². The number of benzene rings is 1. The molecule has 2 rings (SSSR count). The van der Waals surface area contributed by atoms with Gasteiger partial charge in [0.2, 0.25) is 0 Å². The van der Waals surface area contributed by atoms with Crippen LogP contribution >= 0.6 is 0 Å². The fourth-order valence-corrected chi connectivity index (χ4v) is 2.49. The van der Waals surface area contributed by atoms with Gasteiger partial charge in [-0.2, -0.15) is 0 Å². The summed E-state index contributed by atoms with van der Waals surface area (Å²) in [5, 5.41) is 10.6. The largest absolute Gasteiger partial charge is 0.385 e. The van der Waals surface area contributed by atoms with Crippen LogP contribution in [0.3, 0.4) is 0 Å². The van der Waals surface area contributed by atoms with Gasteiger partial charge in [-0.25, -0.2) is 0 Å². The van der Waals surface area contributed by atoms with Crippen LogP contribution in [0.15, 0.2) is 24.3 Å². The van der Waals surface area contributed by atoms with Gasteiger partial charge in [0.1, 0.15) is 0 Å². The summed E-state index contributed by atoms with van der Waals surface area (Å²) in [4.78, 5) is 0. The topological polar surface area (TPSA) is 46.2 Å². The smallest absolute Gasteiger partial charge is 0.0897 e. The standard InChI is InChI=1S/C14H21NO/c1-2-11-4-3-5-12(10-11)14(16)8-6-13(15)7-9-14/h3-5,10,13,16H,2,6-9,15H2,1H3. The average molecular weight is 219 g/mol. The van der Waals surface area contributed by atoms with Crippen molar-refractivity contribution in [2.75, 3.05) is 0 Å². The molecule has 1 aromatic rings. The highest BCUT2D eigenvalue weighted by Gasteiger charge is 2.33. The number of rotatable bonds is 2. The summed E-state index contributed by atoms with van der Waals surface area (Å²) in [5.74, 6) is 0. The van der Waals surface area contributed by atoms with Crippen molar-refractivity contribution >= 4 is 0 Å². The molecule has 1 aliphatic carbocycles. The van der Waals surface area contributed by atoms with E-state index in [1.54, 1.807) is 0 Å². The zero-order valence-corrected chi connectivity index (χ0v) is 9.95. The van der Waals surface area contributed by atoms with E-state index in [1.165, 1.54) is 5.56 Å². The highest BCUT2D eigenvalue weighted by molar-refractivity contribution is 5.28. The Balaban J connectivity index is 2.21. The molecule has 16 heavy (non-hydrogen) atoms. The van der Waals surface area contributed by atoms with Gasteiger partial charge >= 0.3 is 0 Å². The minimum Gasteiger partial charge on any atom is -0.385 e. The molecule has 0 radical (unpaired) electrons. The van der Waals surface area contributed by atoms with E-state index in [0.29, 0.717) is 0 Å². The molecule has 0 bridgehead atoms. The number of aliphatic hydroxyl groups is 1. The molecule has 2 nitrogen and oxygen atoms in total. The number of nitrogens with two attached hydrogens (primary N) is 1. The molecule has 0 spiro atoms. The third-order valence-corrected chi connectivity index (χ3v) is 3.73. The van der Waals surface area contributed by atoms with Crippen LogP contribution in [0.5, 0.6) is 0 Å². The van der Waals surface area contributed by atoms with Crippen LogP contribution in [0.25, 0.3) is 0 Å². The molecule has 1 saturated carbocycles. The van der Waals surface area contributed by atoms with Crippen LogP contribution in [0.1, 0.15) is 43.7 Å². The maximum atomic E-state index is 10.6. The monoisotopic (exact) mass is 219 g/mol. The molecule has 0 heterocycles. The van der Waals surface area contributed by atoms with E-state index in [-0.39, 0.29) is 6.04 Å². The van der Waals surface area contributed by atoms with Gasteiger partial charge < -0.3 is 10.8 Å². The lowest BCUT2D eigenvalue weighted by molar-refractivity contribution is -0.00501. The van der Waals surface area contributed by atoms with Gasteiger partial charge in [0.25, 0.3) is 0 Å². The Hall–Kier alpha value is -0.860. The third-order valence-electron chi connectivity index (χ3n) is 3.73. The first-order chi connectivity index (χ1) is 7.64. The van der Waals surface area contributed by atoms with Crippen molar-refractivity contribution in [3.05, 3.63) is 35.4 Å². The second-order valence-corrected chi connectivity index (χ2v) is 4.92. The highest BCUT2D eigenvalue weighted by Crippen LogP contribution is 2.36. The van der Waals surface area contributed by atoms with E-state index < -0.39 is 5.60 Å². The molecule has 1 aliphatic rings. The molecule has 0 unspecified atom stereocenters. The Morgan fingerprint density at radius 3 is 2.69 bits per heavy atom. The van der Waals surface area contributed by atoms with Crippen LogP contribution < -0.4 is 5.73 Å². The minimum absolute atomic E-state index is 0.273. The summed E-state index contributed by atoms with van der Waals surface area (Å²) in [7, 11) is 0. The Morgan fingerprint density at radius 1 is 1.38 bits per heavy atom. The Kier molecular flexibility index (Phi) is 3.31. The molecule has 0 atom stereocenters. The predicted octanol–water partition coefficient (Wildman–Crippen LogP) is 2.34. The summed E-state index contributed by atoms with van der Waals surface area (Å²) in [6.07, 6.45) is 4.45. The Labute approximate surface area is 97.5 Å². The maximum absolute atomic E-state index is 10.6. The normalized spacial score (nSPS) is 30.3. The second-order valence-electron chi connectivity index (χ2n) is 4.92. The van der Waals surface area contributed by atoms with E-state index in [0.717, 1.165) is 37.7 Å². The van der Waals surface area contributed by atoms with E-state index in [1.807, 2.05) is 12.1 Å². The van der Waals surface area contributed by atoms with Gasteiger partial charge in [0, 0.05) is 6.04 Å². The summed E-state index contributed by atoms with van der Waals surface area (Å²) < 4.78 is 0. The fraction of sp³-hybridized carbons (Fsp3) is 0.571. The van der Waals surface area contributed by atoms with Crippen molar-refractivity contribution in [3.8, 4) is 0 Å². The minimum atomic E-state index is -0.638. The second kappa shape index (κ2) is 4.56. The van der Waals surface area contributed by atoms with Crippen LogP contribution in [0, 0.1) is 0 Å². The van der Waals surface area contributed by atoms with Gasteiger partial charge in [-0.3, -0.25) is 0 Å². The first kappa shape index (κ1) is 11.6. The Morgan fingerprint density at radius 2 is 2.06 bits per heavy atom. The molecule has 0 aliphatic heterocycles. The van der Waals surface area contributed by atoms with Crippen LogP contribution in [-0.4, -0.2) is 11.1 Å². The summed E-state index contributed by atoms with van der Waals surface area (Å²) >= 11 is 0. The lowest BCUT2D eigenvalue weighted by Crippen LogP contribution is -2.36. The molecule has 0 aromatic heterocycles. The third kappa shape index (κ3) is 2.28. The molecule has 1 fully saturated rings. The molecule has 88 valence electrons. The zero-order chi connectivity index (χ0) is 11.6. The maximum Gasteiger partial charge on any atom is 0.0897 e. The first-order valence-electron chi connectivity index (χ1n) is 6.21. The van der Waals surface area contributed by atoms with Gasteiger partial charge in [0.15, 0.2) is 0 Å². The lowest BCUT2D eigenvalue weighted by atomic mass is 9.77. The van der Waals surface area contributed by atoms with Crippen LogP contribution in [0.4, 0.5) is 0 Å². The van der Waals surface area contributed by atoms with Gasteiger partial charge in [-0.05, 0) is 43.2 Å². The Bertz CT molecular complexity index is 354. The van der Waals surface area contributed by atoms with Crippen molar-refractivity contribution in [2.24, 2.45) is 5.73 Å². The molecular formula is C14H21NO. The van der Waals surface area contributed by atoms with Crippen molar-refractivity contribution in [1.82, 2.24) is 0 Å². The number of hydrogen-bond acceptors (Lipinski definition) is 2. The summed E-state index contributed by atoms with van der Waals surface area (Å²) in [6.45, 7) is 2.14. The van der Waals surface area contributed by atoms with E-state index >= 15 is 0 Å². The lowest BCUT2D eigenvalue weighted by Gasteiger charge is -2.35. The fourth-order valence-electron chi connectivity index (χ4n) is 2.49. The van der Waals surface area contributed by atoms with Gasteiger partial charge in [-0.1, -0.05) is 31.2 Å². The molecule has 2 heteroatoms. The van der Waals surface area contributed by atoms with E-state index in [9.17, 15) is 5.11 Å². The van der Waals surface area contributed by atoms with Crippen molar-refractivity contribution in [3.63, 3.8) is 0 Å². The number of aryl methyl sites for hydroxylation is 1. The first-order valence-corrected chi connectivity index (χ1v) is 6.21. The zero-order valence-electron chi connectivity index (χ0n) is 9.95. The van der Waals surface area contributed by atoms with Crippen LogP contribution in [0.2, 0.25) is 0 Å². The van der Waals surface area contributed by atoms with E-state index in [2.05, 4.69) is 19.1 Å². The quantitative estimate of drug-likeness (QED) is 0.802. The summed E-state index contributed by atoms with van der Waals surface area (Å²) in [6, 6.07) is 8.60. The SMILES string of the molecule is CCc1cccc(C2(O)CCC(N)CC2)c1. The van der Waals surface area contributed by atoms with E-state index in [4.69, 9.17) is 5.73 Å². The summed E-state index contributed by atoms with van der Waals surface area (Å²) in [5.41, 5.74) is 7.60. The highest BCUT2D eigenvalue weighted by atomic mass is 16.3. The number of hydrogen-bond donors (Lipinski definition) is 2. The average Bonchev–Trinajstić information content (AvgIpc) is 2.33. The van der Waals surface area contributed by atoms with Crippen molar-refractivity contribution < 1.29 is 5.11 Å².